The Balaban J connectivity index is 1.95. The van der Waals surface area contributed by atoms with Gasteiger partial charge in [0.1, 0.15) is 17.8 Å². The van der Waals surface area contributed by atoms with Crippen LogP contribution in [0.5, 0.6) is 0 Å². The average Bonchev–Trinajstić information content (AvgIpc) is 3.34. The molecule has 0 radical (unpaired) electrons. The lowest BCUT2D eigenvalue weighted by atomic mass is 9.75. The van der Waals surface area contributed by atoms with E-state index in [0.29, 0.717) is 12.2 Å². The van der Waals surface area contributed by atoms with E-state index in [1.54, 1.807) is 26.1 Å². The molecule has 2 aromatic rings. The number of imide groups is 1. The molecule has 1 saturated heterocycles. The molecule has 1 aliphatic heterocycles. The molecule has 8 nitrogen and oxygen atoms in total. The van der Waals surface area contributed by atoms with E-state index in [2.05, 4.69) is 5.16 Å². The van der Waals surface area contributed by atoms with E-state index in [1.807, 2.05) is 19.0 Å². The zero-order valence-corrected chi connectivity index (χ0v) is 18.2. The fourth-order valence-electron chi connectivity index (χ4n) is 3.85. The predicted molar refractivity (Wildman–Crippen MR) is 110 cm³/mol. The Labute approximate surface area is 180 Å². The lowest BCUT2D eigenvalue weighted by molar-refractivity contribution is -0.143. The molecule has 3 rings (SSSR count). The Kier molecular flexibility index (Phi) is 6.54. The van der Waals surface area contributed by atoms with Gasteiger partial charge in [0.25, 0.3) is 0 Å². The summed E-state index contributed by atoms with van der Waals surface area (Å²) in [5, 5.41) is 3.86. The summed E-state index contributed by atoms with van der Waals surface area (Å²) in [5.74, 6) is -1.96. The molecule has 0 unspecified atom stereocenters. The van der Waals surface area contributed by atoms with E-state index >= 15 is 0 Å². The van der Waals surface area contributed by atoms with Crippen LogP contribution in [-0.4, -0.2) is 71.8 Å². The minimum atomic E-state index is -1.58. The van der Waals surface area contributed by atoms with Gasteiger partial charge >= 0.3 is 0 Å². The van der Waals surface area contributed by atoms with Crippen LogP contribution >= 0.6 is 0 Å². The zero-order valence-electron chi connectivity index (χ0n) is 18.2. The molecule has 0 spiro atoms. The second kappa shape index (κ2) is 8.97. The molecule has 1 aromatic heterocycles. The van der Waals surface area contributed by atoms with Crippen LogP contribution in [0.25, 0.3) is 0 Å². The normalized spacial score (nSPS) is 19.9. The van der Waals surface area contributed by atoms with E-state index in [-0.39, 0.29) is 24.9 Å². The summed E-state index contributed by atoms with van der Waals surface area (Å²) in [7, 11) is 5.25. The average molecular weight is 430 g/mol. The lowest BCUT2D eigenvalue weighted by Crippen LogP contribution is -2.45. The van der Waals surface area contributed by atoms with Crippen molar-refractivity contribution in [2.45, 2.75) is 31.2 Å². The Hall–Kier alpha value is -3.07. The smallest absolute Gasteiger partial charge is 0.241 e. The number of hydrogen-bond donors (Lipinski definition) is 0. The summed E-state index contributed by atoms with van der Waals surface area (Å²) < 4.78 is 19.7. The van der Waals surface area contributed by atoms with Crippen molar-refractivity contribution in [2.24, 2.45) is 0 Å². The van der Waals surface area contributed by atoms with Crippen molar-refractivity contribution in [3.8, 4) is 0 Å². The quantitative estimate of drug-likeness (QED) is 0.596. The molecule has 2 heterocycles. The number of hydrogen-bond acceptors (Lipinski definition) is 6. The maximum absolute atomic E-state index is 14.8. The van der Waals surface area contributed by atoms with Gasteiger partial charge in [-0.25, -0.2) is 4.39 Å². The van der Waals surface area contributed by atoms with Gasteiger partial charge < -0.3 is 14.3 Å². The first kappa shape index (κ1) is 22.6. The molecule has 0 aliphatic carbocycles. The fraction of sp³-hybridized carbons (Fsp3) is 0.455. The van der Waals surface area contributed by atoms with E-state index in [1.165, 1.54) is 29.4 Å². The van der Waals surface area contributed by atoms with Gasteiger partial charge in [-0.05, 0) is 27.1 Å². The van der Waals surface area contributed by atoms with E-state index in [9.17, 15) is 18.8 Å². The standard InChI is InChI=1S/C22H27FN4O4/c1-15(18-9-12-31-24-18)26(4)19(28)13-22(16-7-5-6-8-17(16)23)14-20(29)27(21(22)30)11-10-25(2)3/h5-9,12,15H,10-11,13-14H2,1-4H3/t15-,22+/m0/s1. The van der Waals surface area contributed by atoms with Gasteiger partial charge in [0.2, 0.25) is 17.7 Å². The topological polar surface area (TPSA) is 87.0 Å². The highest BCUT2D eigenvalue weighted by atomic mass is 19.1. The number of likely N-dealkylation sites (N-methyl/N-ethyl adjacent to an activating group) is 1. The highest BCUT2D eigenvalue weighted by molar-refractivity contribution is 6.10. The molecule has 1 fully saturated rings. The molecule has 166 valence electrons. The molecule has 1 aromatic carbocycles. The predicted octanol–water partition coefficient (Wildman–Crippen LogP) is 1.98. The lowest BCUT2D eigenvalue weighted by Gasteiger charge is -2.31. The summed E-state index contributed by atoms with van der Waals surface area (Å²) in [6.45, 7) is 2.43. The Morgan fingerprint density at radius 2 is 1.97 bits per heavy atom. The molecule has 9 heteroatoms. The minimum Gasteiger partial charge on any atom is -0.364 e. The van der Waals surface area contributed by atoms with Crippen molar-refractivity contribution in [3.63, 3.8) is 0 Å². The number of benzene rings is 1. The Morgan fingerprint density at radius 1 is 1.26 bits per heavy atom. The minimum absolute atomic E-state index is 0.0662. The summed E-state index contributed by atoms with van der Waals surface area (Å²) in [6.07, 6.45) is 0.834. The third-order valence-electron chi connectivity index (χ3n) is 5.88. The van der Waals surface area contributed by atoms with Crippen LogP contribution in [-0.2, 0) is 19.8 Å². The number of nitrogens with zero attached hydrogens (tertiary/aromatic N) is 4. The fourth-order valence-corrected chi connectivity index (χ4v) is 3.85. The van der Waals surface area contributed by atoms with Crippen molar-refractivity contribution in [1.82, 2.24) is 19.9 Å². The molecule has 0 saturated carbocycles. The molecular weight excluding hydrogens is 403 g/mol. The van der Waals surface area contributed by atoms with Crippen LogP contribution < -0.4 is 0 Å². The first-order chi connectivity index (χ1) is 14.7. The molecule has 2 atom stereocenters. The maximum Gasteiger partial charge on any atom is 0.241 e. The third-order valence-corrected chi connectivity index (χ3v) is 5.88. The van der Waals surface area contributed by atoms with Gasteiger partial charge in [0.05, 0.1) is 11.5 Å². The molecule has 31 heavy (non-hydrogen) atoms. The van der Waals surface area contributed by atoms with Gasteiger partial charge in [-0.1, -0.05) is 23.4 Å². The number of rotatable bonds is 8. The number of halogens is 1. The van der Waals surface area contributed by atoms with Gasteiger partial charge in [0.15, 0.2) is 0 Å². The van der Waals surface area contributed by atoms with Crippen molar-refractivity contribution < 1.29 is 23.3 Å². The molecule has 3 amide bonds. The number of carbonyl (C=O) groups is 3. The summed E-state index contributed by atoms with van der Waals surface area (Å²) in [5.41, 5.74) is -0.961. The Morgan fingerprint density at radius 3 is 2.58 bits per heavy atom. The maximum atomic E-state index is 14.8. The van der Waals surface area contributed by atoms with Crippen molar-refractivity contribution >= 4 is 17.7 Å². The second-order valence-corrected chi connectivity index (χ2v) is 8.17. The van der Waals surface area contributed by atoms with Crippen LogP contribution in [0.1, 0.15) is 37.1 Å². The number of aromatic nitrogens is 1. The van der Waals surface area contributed by atoms with Crippen molar-refractivity contribution in [1.29, 1.82) is 0 Å². The highest BCUT2D eigenvalue weighted by Gasteiger charge is 2.55. The molecule has 0 N–H and O–H groups in total. The second-order valence-electron chi connectivity index (χ2n) is 8.17. The molecule has 0 bridgehead atoms. The van der Waals surface area contributed by atoms with Gasteiger partial charge in [-0.15, -0.1) is 0 Å². The summed E-state index contributed by atoms with van der Waals surface area (Å²) >= 11 is 0. The highest BCUT2D eigenvalue weighted by Crippen LogP contribution is 2.41. The van der Waals surface area contributed by atoms with Crippen LogP contribution in [0, 0.1) is 5.82 Å². The van der Waals surface area contributed by atoms with E-state index in [0.717, 1.165) is 4.90 Å². The first-order valence-electron chi connectivity index (χ1n) is 10.1. The van der Waals surface area contributed by atoms with Gasteiger partial charge in [-0.3, -0.25) is 19.3 Å². The number of likely N-dealkylation sites (tertiary alicyclic amines) is 1. The number of amides is 3. The van der Waals surface area contributed by atoms with Crippen LogP contribution in [0.15, 0.2) is 41.1 Å². The largest absolute Gasteiger partial charge is 0.364 e. The van der Waals surface area contributed by atoms with E-state index in [4.69, 9.17) is 4.52 Å². The van der Waals surface area contributed by atoms with Crippen LogP contribution in [0.2, 0.25) is 0 Å². The monoisotopic (exact) mass is 430 g/mol. The van der Waals surface area contributed by atoms with Gasteiger partial charge in [-0.2, -0.15) is 0 Å². The van der Waals surface area contributed by atoms with Crippen LogP contribution in [0.4, 0.5) is 4.39 Å². The number of carbonyl (C=O) groups excluding carboxylic acids is 3. The first-order valence-corrected chi connectivity index (χ1v) is 10.1. The molecule has 1 aliphatic rings. The van der Waals surface area contributed by atoms with E-state index < -0.39 is 35.0 Å². The van der Waals surface area contributed by atoms with Crippen molar-refractivity contribution in [3.05, 3.63) is 53.7 Å². The zero-order chi connectivity index (χ0) is 22.8. The summed E-state index contributed by atoms with van der Waals surface area (Å²) in [4.78, 5) is 43.9. The third kappa shape index (κ3) is 4.36. The van der Waals surface area contributed by atoms with Crippen LogP contribution in [0.3, 0.4) is 0 Å². The summed E-state index contributed by atoms with van der Waals surface area (Å²) in [6, 6.07) is 7.06. The van der Waals surface area contributed by atoms with Crippen molar-refractivity contribution in [2.75, 3.05) is 34.2 Å². The molecular formula is C22H27FN4O4. The SMILES string of the molecule is C[C@@H](c1ccon1)N(C)C(=O)C[C@]1(c2ccccc2F)CC(=O)N(CCN(C)C)C1=O. The van der Waals surface area contributed by atoms with Gasteiger partial charge in [0, 0.05) is 44.6 Å². The Bertz CT molecular complexity index is 962.